The van der Waals surface area contributed by atoms with E-state index in [9.17, 15) is 4.79 Å². The molecule has 0 saturated heterocycles. The van der Waals surface area contributed by atoms with Gasteiger partial charge in [0.2, 0.25) is 5.76 Å². The van der Waals surface area contributed by atoms with Gasteiger partial charge in [0.15, 0.2) is 0 Å². The lowest BCUT2D eigenvalue weighted by Gasteiger charge is -2.00. The topological polar surface area (TPSA) is 65.5 Å². The SMILES string of the molecule is COC(=O)c1occ(Cc2ccccc2)c1N. The number of furan rings is 1. The summed E-state index contributed by atoms with van der Waals surface area (Å²) in [5, 5.41) is 0. The monoisotopic (exact) mass is 231 g/mol. The van der Waals surface area contributed by atoms with Crippen molar-refractivity contribution in [3.63, 3.8) is 0 Å². The summed E-state index contributed by atoms with van der Waals surface area (Å²) in [6.07, 6.45) is 2.13. The zero-order valence-corrected chi connectivity index (χ0v) is 9.47. The normalized spacial score (nSPS) is 10.2. The predicted molar refractivity (Wildman–Crippen MR) is 63.7 cm³/mol. The molecule has 0 spiro atoms. The Labute approximate surface area is 99.0 Å². The van der Waals surface area contributed by atoms with Gasteiger partial charge < -0.3 is 14.9 Å². The average Bonchev–Trinajstić information content (AvgIpc) is 2.72. The highest BCUT2D eigenvalue weighted by Crippen LogP contribution is 2.23. The Hall–Kier alpha value is -2.23. The molecule has 88 valence electrons. The molecule has 17 heavy (non-hydrogen) atoms. The molecule has 0 saturated carbocycles. The summed E-state index contributed by atoms with van der Waals surface area (Å²) in [5.74, 6) is -0.486. The van der Waals surface area contributed by atoms with Crippen LogP contribution in [-0.4, -0.2) is 13.1 Å². The van der Waals surface area contributed by atoms with Crippen molar-refractivity contribution in [2.45, 2.75) is 6.42 Å². The Morgan fingerprint density at radius 2 is 2.06 bits per heavy atom. The van der Waals surface area contributed by atoms with Crippen LogP contribution in [0.5, 0.6) is 0 Å². The van der Waals surface area contributed by atoms with Crippen molar-refractivity contribution < 1.29 is 13.9 Å². The van der Waals surface area contributed by atoms with Crippen molar-refractivity contribution in [2.75, 3.05) is 12.8 Å². The molecule has 4 nitrogen and oxygen atoms in total. The van der Waals surface area contributed by atoms with Gasteiger partial charge in [-0.15, -0.1) is 0 Å². The third-order valence-electron chi connectivity index (χ3n) is 2.52. The van der Waals surface area contributed by atoms with E-state index >= 15 is 0 Å². The van der Waals surface area contributed by atoms with Crippen molar-refractivity contribution in [1.29, 1.82) is 0 Å². The van der Waals surface area contributed by atoms with Crippen LogP contribution in [0.15, 0.2) is 41.0 Å². The lowest BCUT2D eigenvalue weighted by atomic mass is 10.1. The minimum absolute atomic E-state index is 0.0680. The van der Waals surface area contributed by atoms with Crippen LogP contribution in [-0.2, 0) is 11.2 Å². The maximum atomic E-state index is 11.3. The fraction of sp³-hybridized carbons (Fsp3) is 0.154. The van der Waals surface area contributed by atoms with Crippen molar-refractivity contribution in [3.8, 4) is 0 Å². The molecule has 0 unspecified atom stereocenters. The van der Waals surface area contributed by atoms with Gasteiger partial charge in [-0.05, 0) is 5.56 Å². The molecule has 2 aromatic rings. The fourth-order valence-electron chi connectivity index (χ4n) is 1.61. The van der Waals surface area contributed by atoms with Crippen LogP contribution < -0.4 is 5.73 Å². The number of carbonyl (C=O) groups excluding carboxylic acids is 1. The highest BCUT2D eigenvalue weighted by Gasteiger charge is 2.18. The average molecular weight is 231 g/mol. The molecule has 0 aliphatic carbocycles. The van der Waals surface area contributed by atoms with Crippen molar-refractivity contribution in [2.24, 2.45) is 0 Å². The van der Waals surface area contributed by atoms with E-state index in [1.165, 1.54) is 13.4 Å². The van der Waals surface area contributed by atoms with Crippen molar-refractivity contribution >= 4 is 11.7 Å². The van der Waals surface area contributed by atoms with Crippen LogP contribution in [0.3, 0.4) is 0 Å². The number of nitrogen functional groups attached to an aromatic ring is 1. The first-order chi connectivity index (χ1) is 8.22. The van der Waals surface area contributed by atoms with Gasteiger partial charge in [-0.1, -0.05) is 30.3 Å². The molecule has 4 heteroatoms. The second-order valence-corrected chi connectivity index (χ2v) is 3.66. The number of ether oxygens (including phenoxy) is 1. The van der Waals surface area contributed by atoms with Crippen LogP contribution >= 0.6 is 0 Å². The zero-order valence-electron chi connectivity index (χ0n) is 9.47. The van der Waals surface area contributed by atoms with Gasteiger partial charge in [0.05, 0.1) is 19.1 Å². The highest BCUT2D eigenvalue weighted by atomic mass is 16.5. The number of benzene rings is 1. The lowest BCUT2D eigenvalue weighted by Crippen LogP contribution is -2.04. The van der Waals surface area contributed by atoms with Crippen LogP contribution in [0.2, 0.25) is 0 Å². The standard InChI is InChI=1S/C13H13NO3/c1-16-13(15)12-11(14)10(8-17-12)7-9-5-3-2-4-6-9/h2-6,8H,7,14H2,1H3. The minimum Gasteiger partial charge on any atom is -0.463 e. The molecular formula is C13H13NO3. The summed E-state index contributed by atoms with van der Waals surface area (Å²) in [6, 6.07) is 9.83. The smallest absolute Gasteiger partial charge is 0.376 e. The largest absolute Gasteiger partial charge is 0.463 e. The molecule has 0 aliphatic rings. The number of carbonyl (C=O) groups is 1. The van der Waals surface area contributed by atoms with Gasteiger partial charge in [0.1, 0.15) is 0 Å². The molecule has 2 N–H and O–H groups in total. The van der Waals surface area contributed by atoms with E-state index in [1.54, 1.807) is 0 Å². The highest BCUT2D eigenvalue weighted by molar-refractivity contribution is 5.92. The molecule has 0 fully saturated rings. The molecule has 0 radical (unpaired) electrons. The summed E-state index contributed by atoms with van der Waals surface area (Å²) in [6.45, 7) is 0. The predicted octanol–water partition coefficient (Wildman–Crippen LogP) is 2.24. The molecule has 2 rings (SSSR count). The zero-order chi connectivity index (χ0) is 12.3. The summed E-state index contributed by atoms with van der Waals surface area (Å²) < 4.78 is 9.69. The second-order valence-electron chi connectivity index (χ2n) is 3.66. The summed E-state index contributed by atoms with van der Waals surface area (Å²) in [5.41, 5.74) is 8.08. The molecule has 0 bridgehead atoms. The van der Waals surface area contributed by atoms with Crippen LogP contribution in [0.1, 0.15) is 21.7 Å². The summed E-state index contributed by atoms with van der Waals surface area (Å²) >= 11 is 0. The van der Waals surface area contributed by atoms with E-state index in [2.05, 4.69) is 4.74 Å². The van der Waals surface area contributed by atoms with E-state index in [0.29, 0.717) is 12.1 Å². The maximum absolute atomic E-state index is 11.3. The molecule has 1 aromatic carbocycles. The number of rotatable bonds is 3. The first kappa shape index (κ1) is 11.3. The van der Waals surface area contributed by atoms with E-state index < -0.39 is 5.97 Å². The van der Waals surface area contributed by atoms with Crippen LogP contribution in [0.4, 0.5) is 5.69 Å². The Morgan fingerprint density at radius 3 is 2.71 bits per heavy atom. The number of methoxy groups -OCH3 is 1. The third kappa shape index (κ3) is 2.30. The quantitative estimate of drug-likeness (QED) is 0.823. The number of anilines is 1. The van der Waals surface area contributed by atoms with Gasteiger partial charge in [-0.2, -0.15) is 0 Å². The number of nitrogens with two attached hydrogens (primary N) is 1. The van der Waals surface area contributed by atoms with Gasteiger partial charge >= 0.3 is 5.97 Å². The van der Waals surface area contributed by atoms with E-state index in [4.69, 9.17) is 10.2 Å². The molecule has 0 aliphatic heterocycles. The number of hydrogen-bond acceptors (Lipinski definition) is 4. The van der Waals surface area contributed by atoms with Crippen molar-refractivity contribution in [1.82, 2.24) is 0 Å². The van der Waals surface area contributed by atoms with Gasteiger partial charge in [-0.25, -0.2) is 4.79 Å². The molecular weight excluding hydrogens is 218 g/mol. The number of esters is 1. The second kappa shape index (κ2) is 4.74. The maximum Gasteiger partial charge on any atom is 0.376 e. The van der Waals surface area contributed by atoms with E-state index in [0.717, 1.165) is 11.1 Å². The first-order valence-corrected chi connectivity index (χ1v) is 5.20. The first-order valence-electron chi connectivity index (χ1n) is 5.20. The molecule has 0 amide bonds. The molecule has 1 aromatic heterocycles. The Morgan fingerprint density at radius 1 is 1.35 bits per heavy atom. The molecule has 0 atom stereocenters. The Bertz CT molecular complexity index is 517. The van der Waals surface area contributed by atoms with E-state index in [1.807, 2.05) is 30.3 Å². The van der Waals surface area contributed by atoms with Gasteiger partial charge in [0, 0.05) is 12.0 Å². The minimum atomic E-state index is -0.554. The summed E-state index contributed by atoms with van der Waals surface area (Å²) in [4.78, 5) is 11.3. The lowest BCUT2D eigenvalue weighted by molar-refractivity contribution is 0.0566. The molecule has 1 heterocycles. The number of hydrogen-bond donors (Lipinski definition) is 1. The third-order valence-corrected chi connectivity index (χ3v) is 2.52. The van der Waals surface area contributed by atoms with E-state index in [-0.39, 0.29) is 5.76 Å². The van der Waals surface area contributed by atoms with Crippen molar-refractivity contribution in [3.05, 3.63) is 53.5 Å². The summed E-state index contributed by atoms with van der Waals surface area (Å²) in [7, 11) is 1.29. The van der Waals surface area contributed by atoms with Gasteiger partial charge in [0.25, 0.3) is 0 Å². The fourth-order valence-corrected chi connectivity index (χ4v) is 1.61. The Kier molecular flexibility index (Phi) is 3.14. The van der Waals surface area contributed by atoms with Gasteiger partial charge in [-0.3, -0.25) is 0 Å². The Balaban J connectivity index is 2.24. The van der Waals surface area contributed by atoms with Crippen LogP contribution in [0.25, 0.3) is 0 Å². The van der Waals surface area contributed by atoms with Crippen LogP contribution in [0, 0.1) is 0 Å².